The Kier molecular flexibility index (Phi) is 7.37. The number of ether oxygens (including phenoxy) is 1. The molecule has 0 aliphatic carbocycles. The van der Waals surface area contributed by atoms with E-state index in [0.717, 1.165) is 36.1 Å². The van der Waals surface area contributed by atoms with Gasteiger partial charge in [-0.25, -0.2) is 4.79 Å². The van der Waals surface area contributed by atoms with Gasteiger partial charge in [0.1, 0.15) is 5.60 Å². The van der Waals surface area contributed by atoms with Gasteiger partial charge in [0.2, 0.25) is 0 Å². The predicted octanol–water partition coefficient (Wildman–Crippen LogP) is 6.12. The van der Waals surface area contributed by atoms with Crippen molar-refractivity contribution in [2.45, 2.75) is 58.1 Å². The standard InChI is InChI=1S/C27H33Cl2N3O3/c1-17-15-23-20(16-22(17)29)27(24(33)31-23,19-7-5-6-8-21(19)28)30-12-9-18-10-13-32(14-11-18)25(34)35-26(2,3)4/h5-8,15-16,18,30H,9-14H2,1-4H3,(H,31,33). The molecule has 1 unspecified atom stereocenters. The molecular formula is C27H33Cl2N3O3. The molecule has 0 radical (unpaired) electrons. The Morgan fingerprint density at radius 2 is 1.83 bits per heavy atom. The lowest BCUT2D eigenvalue weighted by Gasteiger charge is -2.35. The van der Waals surface area contributed by atoms with E-state index < -0.39 is 11.1 Å². The first kappa shape index (κ1) is 25.8. The van der Waals surface area contributed by atoms with Crippen LogP contribution in [-0.2, 0) is 15.1 Å². The Hall–Kier alpha value is -2.28. The number of anilines is 1. The van der Waals surface area contributed by atoms with Crippen molar-refractivity contribution in [2.24, 2.45) is 5.92 Å². The fraction of sp³-hybridized carbons (Fsp3) is 0.481. The number of aryl methyl sites for hydroxylation is 1. The molecule has 188 valence electrons. The van der Waals surface area contributed by atoms with E-state index in [9.17, 15) is 9.59 Å². The van der Waals surface area contributed by atoms with Gasteiger partial charge in [0, 0.05) is 39.9 Å². The zero-order chi connectivity index (χ0) is 25.4. The average Bonchev–Trinajstić information content (AvgIpc) is 3.05. The summed E-state index contributed by atoms with van der Waals surface area (Å²) < 4.78 is 5.50. The lowest BCUT2D eigenvalue weighted by molar-refractivity contribution is -0.120. The van der Waals surface area contributed by atoms with Crippen molar-refractivity contribution in [3.8, 4) is 0 Å². The second-order valence-corrected chi connectivity index (χ2v) is 11.3. The molecule has 6 nitrogen and oxygen atoms in total. The van der Waals surface area contributed by atoms with Crippen molar-refractivity contribution in [1.82, 2.24) is 10.2 Å². The number of nitrogens with one attached hydrogen (secondary N) is 2. The molecule has 0 bridgehead atoms. The molecule has 2 heterocycles. The maximum atomic E-state index is 13.5. The van der Waals surface area contributed by atoms with Gasteiger partial charge >= 0.3 is 6.09 Å². The summed E-state index contributed by atoms with van der Waals surface area (Å²) in [5, 5.41) is 7.71. The monoisotopic (exact) mass is 517 g/mol. The molecule has 1 atom stereocenters. The van der Waals surface area contributed by atoms with Gasteiger partial charge in [-0.15, -0.1) is 0 Å². The first-order valence-corrected chi connectivity index (χ1v) is 12.9. The van der Waals surface area contributed by atoms with Crippen LogP contribution in [0.25, 0.3) is 0 Å². The van der Waals surface area contributed by atoms with E-state index >= 15 is 0 Å². The minimum absolute atomic E-state index is 0.165. The lowest BCUT2D eigenvalue weighted by atomic mass is 9.82. The summed E-state index contributed by atoms with van der Waals surface area (Å²) in [4.78, 5) is 27.7. The Morgan fingerprint density at radius 3 is 2.49 bits per heavy atom. The SMILES string of the molecule is Cc1cc2c(cc1Cl)C(NCCC1CCN(C(=O)OC(C)(C)C)CC1)(c1ccccc1Cl)C(=O)N2. The van der Waals surface area contributed by atoms with E-state index in [1.54, 1.807) is 11.0 Å². The Labute approximate surface area is 217 Å². The van der Waals surface area contributed by atoms with Crippen LogP contribution in [0.5, 0.6) is 0 Å². The Bertz CT molecular complexity index is 1120. The number of rotatable bonds is 5. The van der Waals surface area contributed by atoms with Crippen molar-refractivity contribution >= 4 is 40.9 Å². The number of nitrogens with zero attached hydrogens (tertiary/aromatic N) is 1. The van der Waals surface area contributed by atoms with Crippen molar-refractivity contribution in [3.63, 3.8) is 0 Å². The number of piperidine rings is 1. The molecule has 0 aromatic heterocycles. The molecule has 4 rings (SSSR count). The number of amides is 2. The Balaban J connectivity index is 1.49. The highest BCUT2D eigenvalue weighted by Gasteiger charge is 2.49. The highest BCUT2D eigenvalue weighted by atomic mass is 35.5. The van der Waals surface area contributed by atoms with E-state index in [4.69, 9.17) is 27.9 Å². The zero-order valence-corrected chi connectivity index (χ0v) is 22.2. The van der Waals surface area contributed by atoms with Crippen LogP contribution < -0.4 is 10.6 Å². The van der Waals surface area contributed by atoms with Gasteiger partial charge in [-0.2, -0.15) is 0 Å². The van der Waals surface area contributed by atoms with Crippen molar-refractivity contribution < 1.29 is 14.3 Å². The van der Waals surface area contributed by atoms with Crippen LogP contribution in [0, 0.1) is 12.8 Å². The third kappa shape index (κ3) is 5.30. The quantitative estimate of drug-likeness (QED) is 0.500. The minimum Gasteiger partial charge on any atom is -0.444 e. The summed E-state index contributed by atoms with van der Waals surface area (Å²) in [5.41, 5.74) is 1.52. The van der Waals surface area contributed by atoms with E-state index in [1.165, 1.54) is 0 Å². The third-order valence-electron chi connectivity index (χ3n) is 6.78. The number of halogens is 2. The van der Waals surface area contributed by atoms with Crippen LogP contribution in [0.4, 0.5) is 10.5 Å². The van der Waals surface area contributed by atoms with Crippen LogP contribution >= 0.6 is 23.2 Å². The Morgan fingerprint density at radius 1 is 1.14 bits per heavy atom. The first-order valence-electron chi connectivity index (χ1n) is 12.1. The van der Waals surface area contributed by atoms with Crippen LogP contribution in [0.3, 0.4) is 0 Å². The number of hydrogen-bond acceptors (Lipinski definition) is 4. The second kappa shape index (κ2) is 10.00. The summed E-state index contributed by atoms with van der Waals surface area (Å²) in [5.74, 6) is 0.275. The number of fused-ring (bicyclic) bond motifs is 1. The number of hydrogen-bond donors (Lipinski definition) is 2. The van der Waals surface area contributed by atoms with E-state index in [0.29, 0.717) is 41.2 Å². The van der Waals surface area contributed by atoms with Gasteiger partial charge in [0.05, 0.1) is 0 Å². The zero-order valence-electron chi connectivity index (χ0n) is 20.7. The molecular weight excluding hydrogens is 485 g/mol. The van der Waals surface area contributed by atoms with Crippen LogP contribution in [-0.4, -0.2) is 42.1 Å². The van der Waals surface area contributed by atoms with E-state index in [-0.39, 0.29) is 12.0 Å². The summed E-state index contributed by atoms with van der Waals surface area (Å²) in [6.45, 7) is 9.51. The number of likely N-dealkylation sites (tertiary alicyclic amines) is 1. The van der Waals surface area contributed by atoms with Crippen LogP contribution in [0.2, 0.25) is 10.0 Å². The summed E-state index contributed by atoms with van der Waals surface area (Å²) >= 11 is 13.1. The third-order valence-corrected chi connectivity index (χ3v) is 7.52. The van der Waals surface area contributed by atoms with Crippen LogP contribution in [0.1, 0.15) is 56.7 Å². The highest BCUT2D eigenvalue weighted by Crippen LogP contribution is 2.45. The molecule has 2 amide bonds. The largest absolute Gasteiger partial charge is 0.444 e. The molecule has 2 aliphatic heterocycles. The summed E-state index contributed by atoms with van der Waals surface area (Å²) in [6.07, 6.45) is 2.41. The lowest BCUT2D eigenvalue weighted by Crippen LogP contribution is -2.50. The molecule has 1 fully saturated rings. The van der Waals surface area contributed by atoms with E-state index in [2.05, 4.69) is 10.6 Å². The van der Waals surface area contributed by atoms with Crippen molar-refractivity contribution in [2.75, 3.05) is 25.0 Å². The van der Waals surface area contributed by atoms with Crippen LogP contribution in [0.15, 0.2) is 36.4 Å². The molecule has 2 N–H and O–H groups in total. The van der Waals surface area contributed by atoms with E-state index in [1.807, 2.05) is 58.0 Å². The minimum atomic E-state index is -1.12. The average molecular weight is 518 g/mol. The molecule has 8 heteroatoms. The molecule has 2 aliphatic rings. The van der Waals surface area contributed by atoms with Gasteiger partial charge < -0.3 is 15.0 Å². The number of benzene rings is 2. The maximum absolute atomic E-state index is 13.5. The van der Waals surface area contributed by atoms with Crippen molar-refractivity contribution in [3.05, 3.63) is 63.1 Å². The predicted molar refractivity (Wildman–Crippen MR) is 140 cm³/mol. The highest BCUT2D eigenvalue weighted by molar-refractivity contribution is 6.33. The molecule has 0 spiro atoms. The van der Waals surface area contributed by atoms with Gasteiger partial charge in [0.15, 0.2) is 5.54 Å². The number of carbonyl (C=O) groups excluding carboxylic acids is 2. The normalized spacial score (nSPS) is 20.5. The molecule has 0 saturated carbocycles. The van der Waals surface area contributed by atoms with Gasteiger partial charge in [0.25, 0.3) is 5.91 Å². The molecule has 2 aromatic carbocycles. The molecule has 1 saturated heterocycles. The van der Waals surface area contributed by atoms with Gasteiger partial charge in [-0.05, 0) is 83.2 Å². The first-order chi connectivity index (χ1) is 16.5. The van der Waals surface area contributed by atoms with Gasteiger partial charge in [-0.1, -0.05) is 41.4 Å². The smallest absolute Gasteiger partial charge is 0.410 e. The second-order valence-electron chi connectivity index (χ2n) is 10.5. The maximum Gasteiger partial charge on any atom is 0.410 e. The fourth-order valence-corrected chi connectivity index (χ4v) is 5.37. The summed E-state index contributed by atoms with van der Waals surface area (Å²) in [6, 6.07) is 11.2. The number of carbonyl (C=O) groups is 2. The molecule has 35 heavy (non-hydrogen) atoms. The van der Waals surface area contributed by atoms with Gasteiger partial charge in [-0.3, -0.25) is 10.1 Å². The fourth-order valence-electron chi connectivity index (χ4n) is 4.93. The topological polar surface area (TPSA) is 70.7 Å². The summed E-state index contributed by atoms with van der Waals surface area (Å²) in [7, 11) is 0. The molecule has 2 aromatic rings. The van der Waals surface area contributed by atoms with Crippen molar-refractivity contribution in [1.29, 1.82) is 0 Å².